The molecule has 92 valence electrons. The van der Waals surface area contributed by atoms with Crippen molar-refractivity contribution in [1.29, 1.82) is 0 Å². The monoisotopic (exact) mass is 263 g/mol. The van der Waals surface area contributed by atoms with Gasteiger partial charge in [-0.25, -0.2) is 0 Å². The van der Waals surface area contributed by atoms with E-state index in [9.17, 15) is 10.1 Å². The Morgan fingerprint density at radius 1 is 1.11 bits per heavy atom. The number of nitro benzene ring substituents is 1. The first kappa shape index (κ1) is 12.4. The van der Waals surface area contributed by atoms with Gasteiger partial charge in [0.1, 0.15) is 11.5 Å². The number of ether oxygens (including phenoxy) is 1. The number of nitrogens with zero attached hydrogens (tertiary/aromatic N) is 1. The smallest absolute Gasteiger partial charge is 0.269 e. The average Bonchev–Trinajstić information content (AvgIpc) is 2.34. The standard InChI is InChI=1S/C13H10ClNO3/c1-9-2-5-12(8-13(9)14)18-11-6-3-10(4-7-11)15(16)17/h2-8H,1H3. The molecule has 0 fully saturated rings. The Balaban J connectivity index is 2.18. The predicted octanol–water partition coefficient (Wildman–Crippen LogP) is 4.35. The van der Waals surface area contributed by atoms with E-state index in [4.69, 9.17) is 16.3 Å². The quantitative estimate of drug-likeness (QED) is 0.611. The molecule has 18 heavy (non-hydrogen) atoms. The molecule has 4 nitrogen and oxygen atoms in total. The van der Waals surface area contributed by atoms with E-state index in [2.05, 4.69) is 0 Å². The van der Waals surface area contributed by atoms with Crippen LogP contribution in [0.25, 0.3) is 0 Å². The predicted molar refractivity (Wildman–Crippen MR) is 69.4 cm³/mol. The van der Waals surface area contributed by atoms with Gasteiger partial charge in [-0.1, -0.05) is 17.7 Å². The summed E-state index contributed by atoms with van der Waals surface area (Å²) in [6, 6.07) is 11.2. The third-order valence-electron chi connectivity index (χ3n) is 2.43. The van der Waals surface area contributed by atoms with Gasteiger partial charge in [-0.2, -0.15) is 0 Å². The summed E-state index contributed by atoms with van der Waals surface area (Å²) in [6.45, 7) is 1.90. The Hall–Kier alpha value is -2.07. The molecule has 0 saturated heterocycles. The minimum absolute atomic E-state index is 0.0317. The average molecular weight is 264 g/mol. The van der Waals surface area contributed by atoms with Gasteiger partial charge >= 0.3 is 0 Å². The maximum atomic E-state index is 10.5. The third kappa shape index (κ3) is 2.78. The lowest BCUT2D eigenvalue weighted by molar-refractivity contribution is -0.384. The Morgan fingerprint density at radius 2 is 1.72 bits per heavy atom. The summed E-state index contributed by atoms with van der Waals surface area (Å²) in [4.78, 5) is 10.0. The van der Waals surface area contributed by atoms with Gasteiger partial charge in [-0.15, -0.1) is 0 Å². The fourth-order valence-corrected chi connectivity index (χ4v) is 1.58. The van der Waals surface area contributed by atoms with Crippen molar-refractivity contribution in [3.05, 3.63) is 63.2 Å². The van der Waals surface area contributed by atoms with Gasteiger partial charge in [0.25, 0.3) is 5.69 Å². The van der Waals surface area contributed by atoms with Crippen molar-refractivity contribution in [2.75, 3.05) is 0 Å². The summed E-state index contributed by atoms with van der Waals surface area (Å²) in [6.07, 6.45) is 0. The minimum atomic E-state index is -0.452. The first-order valence-electron chi connectivity index (χ1n) is 5.25. The summed E-state index contributed by atoms with van der Waals surface area (Å²) < 4.78 is 5.54. The second kappa shape index (κ2) is 5.06. The molecule has 0 aliphatic heterocycles. The van der Waals surface area contributed by atoms with E-state index in [1.54, 1.807) is 24.3 Å². The Kier molecular flexibility index (Phi) is 3.48. The van der Waals surface area contributed by atoms with Crippen molar-refractivity contribution in [3.63, 3.8) is 0 Å². The van der Waals surface area contributed by atoms with Crippen molar-refractivity contribution in [1.82, 2.24) is 0 Å². The fraction of sp³-hybridized carbons (Fsp3) is 0.0769. The zero-order chi connectivity index (χ0) is 13.1. The topological polar surface area (TPSA) is 52.4 Å². The van der Waals surface area contributed by atoms with E-state index in [1.807, 2.05) is 13.0 Å². The van der Waals surface area contributed by atoms with Crippen molar-refractivity contribution in [2.45, 2.75) is 6.92 Å². The number of halogens is 1. The molecule has 0 bridgehead atoms. The number of hydrogen-bond acceptors (Lipinski definition) is 3. The van der Waals surface area contributed by atoms with E-state index in [1.165, 1.54) is 12.1 Å². The number of aryl methyl sites for hydroxylation is 1. The maximum Gasteiger partial charge on any atom is 0.269 e. The summed E-state index contributed by atoms with van der Waals surface area (Å²) in [7, 11) is 0. The minimum Gasteiger partial charge on any atom is -0.457 e. The highest BCUT2D eigenvalue weighted by molar-refractivity contribution is 6.31. The van der Waals surface area contributed by atoms with Crippen LogP contribution in [0.5, 0.6) is 11.5 Å². The van der Waals surface area contributed by atoms with E-state index in [0.29, 0.717) is 16.5 Å². The van der Waals surface area contributed by atoms with Crippen molar-refractivity contribution < 1.29 is 9.66 Å². The van der Waals surface area contributed by atoms with Gasteiger partial charge in [-0.3, -0.25) is 10.1 Å². The summed E-state index contributed by atoms with van der Waals surface area (Å²) >= 11 is 5.98. The van der Waals surface area contributed by atoms with Crippen molar-refractivity contribution in [3.8, 4) is 11.5 Å². The third-order valence-corrected chi connectivity index (χ3v) is 2.83. The van der Waals surface area contributed by atoms with Crippen LogP contribution in [0.15, 0.2) is 42.5 Å². The molecule has 0 aromatic heterocycles. The molecule has 0 heterocycles. The molecule has 0 unspecified atom stereocenters. The van der Waals surface area contributed by atoms with Crippen LogP contribution in [0, 0.1) is 17.0 Å². The van der Waals surface area contributed by atoms with E-state index in [0.717, 1.165) is 5.56 Å². The number of non-ortho nitro benzene ring substituents is 1. The first-order valence-corrected chi connectivity index (χ1v) is 5.62. The van der Waals surface area contributed by atoms with Crippen LogP contribution in [0.2, 0.25) is 5.02 Å². The fourth-order valence-electron chi connectivity index (χ4n) is 1.41. The van der Waals surface area contributed by atoms with Gasteiger partial charge in [0.15, 0.2) is 0 Å². The van der Waals surface area contributed by atoms with Crippen LogP contribution >= 0.6 is 11.6 Å². The maximum absolute atomic E-state index is 10.5. The highest BCUT2D eigenvalue weighted by Crippen LogP contribution is 2.27. The second-order valence-corrected chi connectivity index (χ2v) is 4.17. The lowest BCUT2D eigenvalue weighted by Gasteiger charge is -2.06. The van der Waals surface area contributed by atoms with Crippen LogP contribution in [-0.2, 0) is 0 Å². The Bertz CT molecular complexity index is 581. The Morgan fingerprint density at radius 3 is 2.28 bits per heavy atom. The molecule has 0 saturated carbocycles. The molecule has 0 atom stereocenters. The van der Waals surface area contributed by atoms with Crippen LogP contribution in [0.3, 0.4) is 0 Å². The molecule has 0 radical (unpaired) electrons. The summed E-state index contributed by atoms with van der Waals surface area (Å²) in [5, 5.41) is 11.1. The van der Waals surface area contributed by atoms with Crippen LogP contribution < -0.4 is 4.74 Å². The van der Waals surface area contributed by atoms with Gasteiger partial charge in [0.05, 0.1) is 4.92 Å². The van der Waals surface area contributed by atoms with Crippen molar-refractivity contribution >= 4 is 17.3 Å². The lowest BCUT2D eigenvalue weighted by atomic mass is 10.2. The molecular weight excluding hydrogens is 254 g/mol. The molecule has 5 heteroatoms. The normalized spacial score (nSPS) is 10.1. The van der Waals surface area contributed by atoms with Crippen molar-refractivity contribution in [2.24, 2.45) is 0 Å². The van der Waals surface area contributed by atoms with Crippen LogP contribution in [-0.4, -0.2) is 4.92 Å². The summed E-state index contributed by atoms with van der Waals surface area (Å²) in [5.74, 6) is 1.12. The van der Waals surface area contributed by atoms with Gasteiger partial charge < -0.3 is 4.74 Å². The Labute approximate surface area is 109 Å². The van der Waals surface area contributed by atoms with E-state index < -0.39 is 4.92 Å². The molecular formula is C13H10ClNO3. The number of hydrogen-bond donors (Lipinski definition) is 0. The van der Waals surface area contributed by atoms with Gasteiger partial charge in [0.2, 0.25) is 0 Å². The van der Waals surface area contributed by atoms with Gasteiger partial charge in [0, 0.05) is 17.2 Å². The van der Waals surface area contributed by atoms with Crippen LogP contribution in [0.4, 0.5) is 5.69 Å². The van der Waals surface area contributed by atoms with E-state index in [-0.39, 0.29) is 5.69 Å². The number of nitro groups is 1. The number of rotatable bonds is 3. The summed E-state index contributed by atoms with van der Waals surface area (Å²) in [5.41, 5.74) is 0.997. The molecule has 2 aromatic rings. The molecule has 2 rings (SSSR count). The van der Waals surface area contributed by atoms with E-state index >= 15 is 0 Å². The molecule has 0 aliphatic rings. The largest absolute Gasteiger partial charge is 0.457 e. The molecule has 0 amide bonds. The first-order chi connectivity index (χ1) is 8.56. The molecule has 0 N–H and O–H groups in total. The van der Waals surface area contributed by atoms with Gasteiger partial charge in [-0.05, 0) is 36.8 Å². The zero-order valence-corrected chi connectivity index (χ0v) is 10.3. The molecule has 2 aromatic carbocycles. The number of benzene rings is 2. The lowest BCUT2D eigenvalue weighted by Crippen LogP contribution is -1.88. The SMILES string of the molecule is Cc1ccc(Oc2ccc([N+](=O)[O-])cc2)cc1Cl. The molecule has 0 aliphatic carbocycles. The second-order valence-electron chi connectivity index (χ2n) is 3.76. The highest BCUT2D eigenvalue weighted by Gasteiger charge is 2.05. The molecule has 0 spiro atoms. The highest BCUT2D eigenvalue weighted by atomic mass is 35.5. The van der Waals surface area contributed by atoms with Crippen LogP contribution in [0.1, 0.15) is 5.56 Å². The zero-order valence-electron chi connectivity index (χ0n) is 9.59.